The Kier molecular flexibility index (Phi) is 7.24. The third-order valence-corrected chi connectivity index (χ3v) is 4.12. The monoisotopic (exact) mass is 309 g/mol. The lowest BCUT2D eigenvalue weighted by molar-refractivity contribution is 0.299. The van der Waals surface area contributed by atoms with Crippen LogP contribution in [0.15, 0.2) is 18.2 Å². The minimum absolute atomic E-state index is 0.713. The third kappa shape index (κ3) is 6.18. The molecule has 0 unspecified atom stereocenters. The predicted molar refractivity (Wildman–Crippen MR) is 90.6 cm³/mol. The molecule has 21 heavy (non-hydrogen) atoms. The van der Waals surface area contributed by atoms with E-state index in [0.29, 0.717) is 6.04 Å². The van der Waals surface area contributed by atoms with E-state index < -0.39 is 0 Å². The van der Waals surface area contributed by atoms with E-state index in [0.717, 1.165) is 49.9 Å². The average molecular weight is 309 g/mol. The van der Waals surface area contributed by atoms with Crippen molar-refractivity contribution < 1.29 is 9.47 Å². The predicted octanol–water partition coefficient (Wildman–Crippen LogP) is 3.86. The Bertz CT molecular complexity index is 421. The minimum Gasteiger partial charge on any atom is -0.493 e. The molecule has 1 aromatic carbocycles. The van der Waals surface area contributed by atoms with Gasteiger partial charge in [-0.1, -0.05) is 13.0 Å². The molecule has 0 aromatic heterocycles. The zero-order valence-electron chi connectivity index (χ0n) is 13.2. The highest BCUT2D eigenvalue weighted by atomic mass is 32.2. The number of rotatable bonds is 11. The Morgan fingerprint density at radius 1 is 1.24 bits per heavy atom. The first-order chi connectivity index (χ1) is 10.3. The quantitative estimate of drug-likeness (QED) is 0.629. The minimum atomic E-state index is 0.713. The normalized spacial score (nSPS) is 14.2. The van der Waals surface area contributed by atoms with Crippen LogP contribution in [-0.2, 0) is 6.54 Å². The van der Waals surface area contributed by atoms with E-state index in [4.69, 9.17) is 9.47 Å². The van der Waals surface area contributed by atoms with Crippen LogP contribution in [0, 0.1) is 0 Å². The maximum atomic E-state index is 5.98. The van der Waals surface area contributed by atoms with Crippen LogP contribution in [0.3, 0.4) is 0 Å². The fourth-order valence-electron chi connectivity index (χ4n) is 2.05. The molecule has 1 aliphatic carbocycles. The summed E-state index contributed by atoms with van der Waals surface area (Å²) < 4.78 is 11.7. The second-order valence-electron chi connectivity index (χ2n) is 5.47. The summed E-state index contributed by atoms with van der Waals surface area (Å²) in [6.45, 7) is 4.53. The summed E-state index contributed by atoms with van der Waals surface area (Å²) in [7, 11) is 0. The van der Waals surface area contributed by atoms with Gasteiger partial charge < -0.3 is 14.8 Å². The van der Waals surface area contributed by atoms with Crippen LogP contribution in [0.2, 0.25) is 0 Å². The smallest absolute Gasteiger partial charge is 0.127 e. The molecule has 1 fully saturated rings. The molecule has 0 aliphatic heterocycles. The van der Waals surface area contributed by atoms with Crippen molar-refractivity contribution in [1.29, 1.82) is 0 Å². The number of benzene rings is 1. The average Bonchev–Trinajstić information content (AvgIpc) is 3.32. The van der Waals surface area contributed by atoms with Crippen LogP contribution in [0.1, 0.15) is 38.2 Å². The van der Waals surface area contributed by atoms with Gasteiger partial charge in [0.25, 0.3) is 0 Å². The second kappa shape index (κ2) is 9.21. The molecule has 0 heterocycles. The number of thioether (sulfide) groups is 1. The summed E-state index contributed by atoms with van der Waals surface area (Å²) in [6, 6.07) is 6.93. The Hall–Kier alpha value is -0.870. The molecule has 2 rings (SSSR count). The van der Waals surface area contributed by atoms with Gasteiger partial charge in [0.15, 0.2) is 0 Å². The van der Waals surface area contributed by atoms with Crippen molar-refractivity contribution >= 4 is 11.8 Å². The van der Waals surface area contributed by atoms with E-state index in [1.54, 1.807) is 0 Å². The lowest BCUT2D eigenvalue weighted by atomic mass is 10.2. The maximum Gasteiger partial charge on any atom is 0.127 e. The molecule has 1 aromatic rings. The molecular formula is C17H27NO2S. The van der Waals surface area contributed by atoms with Crippen LogP contribution >= 0.6 is 11.8 Å². The molecule has 4 heteroatoms. The van der Waals surface area contributed by atoms with Crippen LogP contribution in [0.25, 0.3) is 0 Å². The Labute approximate surface area is 132 Å². The Morgan fingerprint density at radius 3 is 2.81 bits per heavy atom. The Morgan fingerprint density at radius 2 is 2.10 bits per heavy atom. The number of hydrogen-bond acceptors (Lipinski definition) is 4. The van der Waals surface area contributed by atoms with Gasteiger partial charge in [-0.05, 0) is 43.8 Å². The van der Waals surface area contributed by atoms with Gasteiger partial charge in [-0.25, -0.2) is 0 Å². The topological polar surface area (TPSA) is 30.5 Å². The van der Waals surface area contributed by atoms with Gasteiger partial charge in [-0.3, -0.25) is 0 Å². The van der Waals surface area contributed by atoms with Gasteiger partial charge in [-0.15, -0.1) is 0 Å². The highest BCUT2D eigenvalue weighted by molar-refractivity contribution is 7.98. The van der Waals surface area contributed by atoms with Crippen molar-refractivity contribution in [2.24, 2.45) is 0 Å². The molecule has 1 aliphatic rings. The first-order valence-corrected chi connectivity index (χ1v) is 9.33. The van der Waals surface area contributed by atoms with Gasteiger partial charge in [0.2, 0.25) is 0 Å². The van der Waals surface area contributed by atoms with Crippen molar-refractivity contribution in [3.05, 3.63) is 23.8 Å². The van der Waals surface area contributed by atoms with Gasteiger partial charge in [-0.2, -0.15) is 11.8 Å². The fourth-order valence-corrected chi connectivity index (χ4v) is 2.46. The second-order valence-corrected chi connectivity index (χ2v) is 6.45. The summed E-state index contributed by atoms with van der Waals surface area (Å²) in [4.78, 5) is 0. The van der Waals surface area contributed by atoms with Crippen molar-refractivity contribution in [1.82, 2.24) is 5.32 Å². The van der Waals surface area contributed by atoms with Gasteiger partial charge >= 0.3 is 0 Å². The van der Waals surface area contributed by atoms with Gasteiger partial charge in [0, 0.05) is 24.2 Å². The van der Waals surface area contributed by atoms with Crippen molar-refractivity contribution in [3.8, 4) is 11.5 Å². The van der Waals surface area contributed by atoms with E-state index in [2.05, 4.69) is 24.6 Å². The highest BCUT2D eigenvalue weighted by Crippen LogP contribution is 2.27. The molecule has 1 saturated carbocycles. The molecular weight excluding hydrogens is 282 g/mol. The van der Waals surface area contributed by atoms with E-state index >= 15 is 0 Å². The third-order valence-electron chi connectivity index (χ3n) is 3.42. The first-order valence-electron chi connectivity index (χ1n) is 7.94. The Balaban J connectivity index is 1.94. The summed E-state index contributed by atoms with van der Waals surface area (Å²) in [5.41, 5.74) is 1.23. The molecule has 0 spiro atoms. The zero-order chi connectivity index (χ0) is 14.9. The maximum absolute atomic E-state index is 5.98. The lowest BCUT2D eigenvalue weighted by Crippen LogP contribution is -2.16. The van der Waals surface area contributed by atoms with Crippen LogP contribution in [0.4, 0.5) is 0 Å². The van der Waals surface area contributed by atoms with E-state index in [-0.39, 0.29) is 0 Å². The fraction of sp³-hybridized carbons (Fsp3) is 0.647. The van der Waals surface area contributed by atoms with Crippen LogP contribution in [0.5, 0.6) is 11.5 Å². The zero-order valence-corrected chi connectivity index (χ0v) is 14.0. The van der Waals surface area contributed by atoms with Crippen LogP contribution in [-0.4, -0.2) is 31.3 Å². The molecule has 0 amide bonds. The summed E-state index contributed by atoms with van der Waals surface area (Å²) in [5, 5.41) is 3.55. The van der Waals surface area contributed by atoms with Gasteiger partial charge in [0.1, 0.15) is 11.5 Å². The summed E-state index contributed by atoms with van der Waals surface area (Å²) in [6.07, 6.45) is 6.85. The molecule has 0 atom stereocenters. The van der Waals surface area contributed by atoms with E-state index in [9.17, 15) is 0 Å². The molecule has 0 saturated heterocycles. The summed E-state index contributed by atoms with van der Waals surface area (Å²) in [5.74, 6) is 3.02. The molecule has 1 N–H and O–H groups in total. The largest absolute Gasteiger partial charge is 0.493 e. The lowest BCUT2D eigenvalue weighted by Gasteiger charge is -2.14. The van der Waals surface area contributed by atoms with E-state index in [1.807, 2.05) is 23.9 Å². The number of nitrogens with one attached hydrogen (secondary N) is 1. The number of ether oxygens (including phenoxy) is 2. The van der Waals surface area contributed by atoms with E-state index in [1.165, 1.54) is 18.4 Å². The first kappa shape index (κ1) is 16.5. The van der Waals surface area contributed by atoms with Crippen molar-refractivity contribution in [2.75, 3.05) is 25.2 Å². The van der Waals surface area contributed by atoms with Gasteiger partial charge in [0.05, 0.1) is 13.2 Å². The molecule has 0 bridgehead atoms. The van der Waals surface area contributed by atoms with Crippen molar-refractivity contribution in [2.45, 2.75) is 45.2 Å². The molecule has 3 nitrogen and oxygen atoms in total. The highest BCUT2D eigenvalue weighted by Gasteiger charge is 2.20. The van der Waals surface area contributed by atoms with Crippen molar-refractivity contribution in [3.63, 3.8) is 0 Å². The SMILES string of the molecule is CCCOc1ccc(CNC2CC2)c(OCCCSC)c1. The summed E-state index contributed by atoms with van der Waals surface area (Å²) >= 11 is 1.86. The molecule has 0 radical (unpaired) electrons. The van der Waals surface area contributed by atoms with Crippen LogP contribution < -0.4 is 14.8 Å². The molecule has 118 valence electrons. The number of hydrogen-bond donors (Lipinski definition) is 1. The standard InChI is InChI=1S/C17H27NO2S/c1-3-9-19-16-8-5-14(13-18-15-6-7-15)17(12-16)20-10-4-11-21-2/h5,8,12,15,18H,3-4,6-7,9-11,13H2,1-2H3.